The molecule has 4 aromatic carbocycles. The van der Waals surface area contributed by atoms with Gasteiger partial charge in [0.15, 0.2) is 5.78 Å². The molecule has 0 radical (unpaired) electrons. The molecule has 0 unspecified atom stereocenters. The lowest BCUT2D eigenvalue weighted by Crippen LogP contribution is -2.04. The molecule has 0 saturated carbocycles. The number of carbonyl (C=O) groups excluding carboxylic acids is 1. The van der Waals surface area contributed by atoms with Crippen LogP contribution in [0.15, 0.2) is 109 Å². The van der Waals surface area contributed by atoms with Gasteiger partial charge in [0.05, 0.1) is 27.8 Å². The third-order valence-electron chi connectivity index (χ3n) is 8.02. The van der Waals surface area contributed by atoms with Crippen molar-refractivity contribution >= 4 is 44.2 Å². The number of benzene rings is 4. The summed E-state index contributed by atoms with van der Waals surface area (Å²) in [6.07, 6.45) is 8.55. The van der Waals surface area contributed by atoms with Crippen LogP contribution in [0.4, 0.5) is 0 Å². The molecule has 3 heteroatoms. The van der Waals surface area contributed by atoms with Crippen LogP contribution in [0.5, 0.6) is 0 Å². The van der Waals surface area contributed by atoms with Crippen LogP contribution < -0.4 is 0 Å². The van der Waals surface area contributed by atoms with Gasteiger partial charge < -0.3 is 9.13 Å². The number of Topliss-reactive ketones (excluding diaryl/α,β-unsaturated/α-hetero) is 1. The van der Waals surface area contributed by atoms with Crippen LogP contribution in [0.2, 0.25) is 0 Å². The fraction of sp³-hybridized carbons (Fsp3) is 0.205. The van der Waals surface area contributed by atoms with Crippen molar-refractivity contribution in [3.8, 4) is 16.9 Å². The van der Waals surface area contributed by atoms with Gasteiger partial charge in [0.25, 0.3) is 0 Å². The highest BCUT2D eigenvalue weighted by atomic mass is 16.1. The lowest BCUT2D eigenvalue weighted by molar-refractivity contribution is 0.102. The fourth-order valence-electron chi connectivity index (χ4n) is 6.44. The predicted octanol–water partition coefficient (Wildman–Crippen LogP) is 10.6. The van der Waals surface area contributed by atoms with Gasteiger partial charge in [-0.15, -0.1) is 0 Å². The van der Waals surface area contributed by atoms with E-state index < -0.39 is 0 Å². The van der Waals surface area contributed by atoms with E-state index in [1.807, 2.05) is 0 Å². The zero-order chi connectivity index (χ0) is 29.4. The molecule has 0 saturated heterocycles. The van der Waals surface area contributed by atoms with Crippen molar-refractivity contribution < 1.29 is 4.79 Å². The van der Waals surface area contributed by atoms with Gasteiger partial charge in [0.2, 0.25) is 0 Å². The molecular formula is C39H38N2O. The van der Waals surface area contributed by atoms with Crippen LogP contribution in [0.3, 0.4) is 0 Å². The Morgan fingerprint density at radius 2 is 1.52 bits per heavy atom. The molecule has 0 fully saturated rings. The second-order valence-corrected chi connectivity index (χ2v) is 11.4. The third kappa shape index (κ3) is 4.59. The van der Waals surface area contributed by atoms with E-state index >= 15 is 0 Å². The molecule has 2 heterocycles. The summed E-state index contributed by atoms with van der Waals surface area (Å²) in [4.78, 5) is 13.7. The molecule has 0 bridgehead atoms. The van der Waals surface area contributed by atoms with Crippen molar-refractivity contribution in [1.82, 2.24) is 9.13 Å². The van der Waals surface area contributed by atoms with Crippen molar-refractivity contribution in [3.63, 3.8) is 0 Å². The SMILES string of the molecule is CC=C/C(=C\C(C)C)n1c(-c2ccccc2CCC)c(C(C)=O)c2cc3c4ccccc4n(-c4ccccc4)c3cc21. The molecule has 0 aliphatic rings. The number of rotatable bonds is 8. The normalized spacial score (nSPS) is 12.5. The number of ketones is 1. The number of fused-ring (bicyclic) bond motifs is 4. The monoisotopic (exact) mass is 550 g/mol. The Kier molecular flexibility index (Phi) is 7.43. The standard InChI is InChI=1S/C39H38N2O/c1-6-15-28-17-11-12-20-31(28)39-38(27(5)42)34-24-33-32-21-13-14-22-35(32)40(29-18-9-8-10-19-29)36(33)25-37(34)41(39)30(16-7-2)23-26(3)4/h7-14,16-26H,6,15H2,1-5H3/b16-7?,30-23+. The summed E-state index contributed by atoms with van der Waals surface area (Å²) < 4.78 is 4.69. The predicted molar refractivity (Wildman–Crippen MR) is 180 cm³/mol. The first-order valence-corrected chi connectivity index (χ1v) is 15.1. The van der Waals surface area contributed by atoms with Crippen LogP contribution >= 0.6 is 0 Å². The van der Waals surface area contributed by atoms with E-state index in [0.29, 0.717) is 5.92 Å². The molecule has 0 aliphatic carbocycles. The smallest absolute Gasteiger partial charge is 0.162 e. The number of allylic oxidation sites excluding steroid dienone is 4. The number of nitrogens with zero attached hydrogens (tertiary/aromatic N) is 2. The Morgan fingerprint density at radius 3 is 2.24 bits per heavy atom. The first-order chi connectivity index (χ1) is 20.4. The summed E-state index contributed by atoms with van der Waals surface area (Å²) in [5, 5.41) is 3.32. The van der Waals surface area contributed by atoms with Gasteiger partial charge >= 0.3 is 0 Å². The summed E-state index contributed by atoms with van der Waals surface area (Å²) in [7, 11) is 0. The first kappa shape index (κ1) is 27.5. The molecule has 3 nitrogen and oxygen atoms in total. The van der Waals surface area contributed by atoms with E-state index in [1.54, 1.807) is 6.92 Å². The summed E-state index contributed by atoms with van der Waals surface area (Å²) in [6, 6.07) is 32.3. The second kappa shape index (κ2) is 11.3. The van der Waals surface area contributed by atoms with Crippen molar-refractivity contribution in [2.24, 2.45) is 5.92 Å². The number of aromatic nitrogens is 2. The summed E-state index contributed by atoms with van der Waals surface area (Å²) in [5.41, 5.74) is 9.67. The molecule has 0 amide bonds. The first-order valence-electron chi connectivity index (χ1n) is 15.1. The molecule has 0 spiro atoms. The van der Waals surface area contributed by atoms with Gasteiger partial charge in [-0.25, -0.2) is 0 Å². The minimum absolute atomic E-state index is 0.0792. The zero-order valence-electron chi connectivity index (χ0n) is 25.2. The summed E-state index contributed by atoms with van der Waals surface area (Å²) >= 11 is 0. The lowest BCUT2D eigenvalue weighted by atomic mass is 9.95. The molecule has 0 N–H and O–H groups in total. The molecule has 42 heavy (non-hydrogen) atoms. The molecule has 6 aromatic rings. The Hall–Kier alpha value is -4.63. The minimum atomic E-state index is 0.0792. The fourth-order valence-corrected chi connectivity index (χ4v) is 6.44. The number of carbonyl (C=O) groups is 1. The molecule has 210 valence electrons. The largest absolute Gasteiger partial charge is 0.309 e. The molecule has 0 atom stereocenters. The van der Waals surface area contributed by atoms with Crippen LogP contribution in [0.25, 0.3) is 55.4 Å². The van der Waals surface area contributed by atoms with E-state index in [0.717, 1.165) is 68.4 Å². The van der Waals surface area contributed by atoms with Crippen molar-refractivity contribution in [1.29, 1.82) is 0 Å². The Bertz CT molecular complexity index is 2000. The van der Waals surface area contributed by atoms with Gasteiger partial charge in [0.1, 0.15) is 0 Å². The van der Waals surface area contributed by atoms with E-state index in [1.165, 1.54) is 10.9 Å². The van der Waals surface area contributed by atoms with Gasteiger partial charge in [0, 0.05) is 33.1 Å². The maximum Gasteiger partial charge on any atom is 0.162 e. The third-order valence-corrected chi connectivity index (χ3v) is 8.02. The number of hydrogen-bond acceptors (Lipinski definition) is 1. The number of aryl methyl sites for hydroxylation is 1. The number of hydrogen-bond donors (Lipinski definition) is 0. The highest BCUT2D eigenvalue weighted by molar-refractivity contribution is 6.20. The van der Waals surface area contributed by atoms with Gasteiger partial charge in [-0.1, -0.05) is 100 Å². The van der Waals surface area contributed by atoms with Crippen LogP contribution in [-0.2, 0) is 6.42 Å². The zero-order valence-corrected chi connectivity index (χ0v) is 25.2. The van der Waals surface area contributed by atoms with Crippen molar-refractivity contribution in [3.05, 3.63) is 120 Å². The van der Waals surface area contributed by atoms with Crippen molar-refractivity contribution in [2.45, 2.75) is 47.5 Å². The Labute approximate surface area is 248 Å². The quantitative estimate of drug-likeness (QED) is 0.137. The lowest BCUT2D eigenvalue weighted by Gasteiger charge is -2.17. The van der Waals surface area contributed by atoms with Crippen LogP contribution in [0.1, 0.15) is 57.0 Å². The maximum atomic E-state index is 13.7. The van der Waals surface area contributed by atoms with Gasteiger partial charge in [-0.05, 0) is 68.2 Å². The second-order valence-electron chi connectivity index (χ2n) is 11.4. The summed E-state index contributed by atoms with van der Waals surface area (Å²) in [6.45, 7) is 10.4. The van der Waals surface area contributed by atoms with E-state index in [9.17, 15) is 4.79 Å². The molecule has 2 aromatic heterocycles. The number of para-hydroxylation sites is 2. The summed E-state index contributed by atoms with van der Waals surface area (Å²) in [5.74, 6) is 0.406. The Morgan fingerprint density at radius 1 is 0.810 bits per heavy atom. The highest BCUT2D eigenvalue weighted by Crippen LogP contribution is 2.43. The van der Waals surface area contributed by atoms with Gasteiger partial charge in [-0.3, -0.25) is 4.79 Å². The van der Waals surface area contributed by atoms with E-state index in [2.05, 4.69) is 146 Å². The topological polar surface area (TPSA) is 26.9 Å². The highest BCUT2D eigenvalue weighted by Gasteiger charge is 2.26. The van der Waals surface area contributed by atoms with Gasteiger partial charge in [-0.2, -0.15) is 0 Å². The van der Waals surface area contributed by atoms with E-state index in [4.69, 9.17) is 0 Å². The minimum Gasteiger partial charge on any atom is -0.309 e. The molecular weight excluding hydrogens is 512 g/mol. The average molecular weight is 551 g/mol. The van der Waals surface area contributed by atoms with E-state index in [-0.39, 0.29) is 5.78 Å². The van der Waals surface area contributed by atoms with Crippen LogP contribution in [0, 0.1) is 5.92 Å². The average Bonchev–Trinajstić information content (AvgIpc) is 3.49. The molecule has 6 rings (SSSR count). The van der Waals surface area contributed by atoms with Crippen molar-refractivity contribution in [2.75, 3.05) is 0 Å². The maximum absolute atomic E-state index is 13.7. The Balaban J connectivity index is 1.86. The van der Waals surface area contributed by atoms with Crippen LogP contribution in [-0.4, -0.2) is 14.9 Å². The molecule has 0 aliphatic heterocycles.